The number of hydrogen-bond acceptors (Lipinski definition) is 6. The summed E-state index contributed by atoms with van der Waals surface area (Å²) < 4.78 is 38.7. The van der Waals surface area contributed by atoms with E-state index in [0.717, 1.165) is 35.8 Å². The fourth-order valence-electron chi connectivity index (χ4n) is 3.97. The molecule has 0 fully saturated rings. The number of fused-ring (bicyclic) bond motifs is 3. The third-order valence-electron chi connectivity index (χ3n) is 5.81. The van der Waals surface area contributed by atoms with Crippen LogP contribution in [0.5, 0.6) is 5.75 Å². The predicted octanol–water partition coefficient (Wildman–Crippen LogP) is 4.30. The van der Waals surface area contributed by atoms with E-state index in [2.05, 4.69) is 4.72 Å². The van der Waals surface area contributed by atoms with Gasteiger partial charge in [0.15, 0.2) is 5.75 Å². The lowest BCUT2D eigenvalue weighted by atomic mass is 9.91. The van der Waals surface area contributed by atoms with Crippen molar-refractivity contribution in [3.63, 3.8) is 0 Å². The lowest BCUT2D eigenvalue weighted by molar-refractivity contribution is -0.136. The number of benzene rings is 2. The van der Waals surface area contributed by atoms with Crippen molar-refractivity contribution in [1.82, 2.24) is 4.72 Å². The first kappa shape index (κ1) is 23.5. The molecule has 0 radical (unpaired) electrons. The number of esters is 1. The van der Waals surface area contributed by atoms with Crippen LogP contribution in [0.2, 0.25) is 5.02 Å². The molecule has 0 bridgehead atoms. The van der Waals surface area contributed by atoms with Crippen LogP contribution < -0.4 is 15.1 Å². The van der Waals surface area contributed by atoms with Gasteiger partial charge in [-0.05, 0) is 62.8 Å². The highest BCUT2D eigenvalue weighted by molar-refractivity contribution is 7.89. The summed E-state index contributed by atoms with van der Waals surface area (Å²) in [4.78, 5) is 25.2. The number of rotatable bonds is 6. The minimum atomic E-state index is -3.93. The summed E-state index contributed by atoms with van der Waals surface area (Å²) in [5.41, 5.74) is 2.39. The number of carbonyl (C=O) groups excluding carboxylic acids is 1. The first-order valence-electron chi connectivity index (χ1n) is 10.8. The van der Waals surface area contributed by atoms with Crippen molar-refractivity contribution in [2.45, 2.75) is 56.9 Å². The van der Waals surface area contributed by atoms with Crippen molar-refractivity contribution in [3.05, 3.63) is 68.5 Å². The number of hydrogen-bond donors (Lipinski definition) is 1. The van der Waals surface area contributed by atoms with Crippen LogP contribution >= 0.6 is 11.6 Å². The second kappa shape index (κ2) is 9.29. The van der Waals surface area contributed by atoms with Gasteiger partial charge in [-0.1, -0.05) is 36.2 Å². The van der Waals surface area contributed by atoms with Crippen molar-refractivity contribution in [1.29, 1.82) is 0 Å². The van der Waals surface area contributed by atoms with E-state index in [1.807, 2.05) is 6.92 Å². The van der Waals surface area contributed by atoms with Gasteiger partial charge >= 0.3 is 11.6 Å². The van der Waals surface area contributed by atoms with Crippen molar-refractivity contribution in [2.24, 2.45) is 0 Å². The zero-order chi connectivity index (χ0) is 23.8. The molecule has 3 aromatic rings. The molecule has 1 aliphatic rings. The minimum absolute atomic E-state index is 0.000981. The van der Waals surface area contributed by atoms with E-state index in [0.29, 0.717) is 12.0 Å². The Kier molecular flexibility index (Phi) is 6.61. The molecule has 0 aliphatic heterocycles. The van der Waals surface area contributed by atoms with Crippen LogP contribution in [-0.2, 0) is 27.7 Å². The number of aryl methyl sites for hydroxylation is 2. The van der Waals surface area contributed by atoms with Crippen molar-refractivity contribution in [2.75, 3.05) is 0 Å². The first-order chi connectivity index (χ1) is 15.7. The average Bonchev–Trinajstić information content (AvgIpc) is 2.79. The molecule has 1 heterocycles. The molecule has 0 unspecified atom stereocenters. The van der Waals surface area contributed by atoms with Crippen LogP contribution in [0.4, 0.5) is 0 Å². The maximum Gasteiger partial charge on any atom is 0.339 e. The summed E-state index contributed by atoms with van der Waals surface area (Å²) >= 11 is 6.39. The predicted molar refractivity (Wildman–Crippen MR) is 125 cm³/mol. The lowest BCUT2D eigenvalue weighted by Gasteiger charge is -2.18. The van der Waals surface area contributed by atoms with Crippen LogP contribution in [0.1, 0.15) is 42.9 Å². The van der Waals surface area contributed by atoms with Crippen LogP contribution in [0.3, 0.4) is 0 Å². The summed E-state index contributed by atoms with van der Waals surface area (Å²) in [7, 11) is -3.93. The van der Waals surface area contributed by atoms with E-state index in [1.165, 1.54) is 18.2 Å². The van der Waals surface area contributed by atoms with Gasteiger partial charge in [0.2, 0.25) is 10.0 Å². The summed E-state index contributed by atoms with van der Waals surface area (Å²) in [5.74, 6) is -0.809. The monoisotopic (exact) mass is 489 g/mol. The van der Waals surface area contributed by atoms with E-state index >= 15 is 0 Å². The van der Waals surface area contributed by atoms with Gasteiger partial charge in [0.25, 0.3) is 0 Å². The Labute approximate surface area is 196 Å². The topological polar surface area (TPSA) is 103 Å². The number of halogens is 1. The lowest BCUT2D eigenvalue weighted by Crippen LogP contribution is -2.42. The molecule has 1 aliphatic carbocycles. The average molecular weight is 490 g/mol. The van der Waals surface area contributed by atoms with E-state index in [-0.39, 0.29) is 27.7 Å². The van der Waals surface area contributed by atoms with Gasteiger partial charge in [-0.25, -0.2) is 18.0 Å². The number of ether oxygens (including phenoxy) is 1. The molecule has 0 saturated heterocycles. The second-order valence-electron chi connectivity index (χ2n) is 8.15. The second-order valence-corrected chi connectivity index (χ2v) is 10.3. The Morgan fingerprint density at radius 3 is 2.48 bits per heavy atom. The Morgan fingerprint density at radius 2 is 1.82 bits per heavy atom. The van der Waals surface area contributed by atoms with Crippen molar-refractivity contribution in [3.8, 4) is 5.75 Å². The molecular weight excluding hydrogens is 466 g/mol. The Balaban J connectivity index is 1.60. The fourth-order valence-corrected chi connectivity index (χ4v) is 5.44. The summed E-state index contributed by atoms with van der Waals surface area (Å²) in [6, 6.07) is 8.21. The molecule has 4 rings (SSSR count). The van der Waals surface area contributed by atoms with Gasteiger partial charge in [0.1, 0.15) is 11.6 Å². The number of sulfonamides is 1. The van der Waals surface area contributed by atoms with Gasteiger partial charge in [0.05, 0.1) is 9.92 Å². The highest BCUT2D eigenvalue weighted by Crippen LogP contribution is 2.34. The SMILES string of the molecule is CC[C@@H](NS(=O)(=O)c1ccc(C)cc1)C(=O)Oc1cc2oc(=O)c3c(c2cc1Cl)CCCC3. The normalized spacial score (nSPS) is 14.6. The molecule has 0 saturated carbocycles. The van der Waals surface area contributed by atoms with E-state index in [1.54, 1.807) is 25.1 Å². The molecular formula is C24H24ClNO6S. The molecule has 174 valence electrons. The van der Waals surface area contributed by atoms with Crippen molar-refractivity contribution >= 4 is 38.6 Å². The van der Waals surface area contributed by atoms with Crippen LogP contribution in [0.25, 0.3) is 11.0 Å². The first-order valence-corrected chi connectivity index (χ1v) is 12.6. The van der Waals surface area contributed by atoms with Crippen molar-refractivity contribution < 1.29 is 22.4 Å². The molecule has 2 aromatic carbocycles. The van der Waals surface area contributed by atoms with Gasteiger partial charge in [0, 0.05) is 17.0 Å². The Bertz CT molecular complexity index is 1380. The summed E-state index contributed by atoms with van der Waals surface area (Å²) in [6.07, 6.45) is 3.49. The van der Waals surface area contributed by atoms with E-state index < -0.39 is 27.7 Å². The largest absolute Gasteiger partial charge is 0.424 e. The molecule has 0 spiro atoms. The third kappa shape index (κ3) is 4.83. The van der Waals surface area contributed by atoms with E-state index in [4.69, 9.17) is 20.8 Å². The highest BCUT2D eigenvalue weighted by Gasteiger charge is 2.27. The van der Waals surface area contributed by atoms with Gasteiger partial charge < -0.3 is 9.15 Å². The van der Waals surface area contributed by atoms with Gasteiger partial charge in [-0.15, -0.1) is 0 Å². The third-order valence-corrected chi connectivity index (χ3v) is 7.59. The maximum absolute atomic E-state index is 12.8. The summed E-state index contributed by atoms with van der Waals surface area (Å²) in [5, 5.41) is 0.898. The highest BCUT2D eigenvalue weighted by atomic mass is 35.5. The molecule has 33 heavy (non-hydrogen) atoms. The molecule has 9 heteroatoms. The zero-order valence-electron chi connectivity index (χ0n) is 18.3. The fraction of sp³-hybridized carbons (Fsp3) is 0.333. The van der Waals surface area contributed by atoms with Gasteiger partial charge in [-0.2, -0.15) is 4.72 Å². The molecule has 1 aromatic heterocycles. The van der Waals surface area contributed by atoms with E-state index in [9.17, 15) is 18.0 Å². The summed E-state index contributed by atoms with van der Waals surface area (Å²) in [6.45, 7) is 3.51. The quantitative estimate of drug-likeness (QED) is 0.314. The standard InChI is InChI=1S/C24H24ClNO6S/c1-3-20(26-33(29,30)15-10-8-14(2)9-11-15)24(28)32-22-13-21-18(12-19(22)25)16-6-4-5-7-17(16)23(27)31-21/h8-13,20,26H,3-7H2,1-2H3/t20-/m1/s1. The Morgan fingerprint density at radius 1 is 1.15 bits per heavy atom. The maximum atomic E-state index is 12.8. The molecule has 0 amide bonds. The van der Waals surface area contributed by atoms with Crippen LogP contribution in [0.15, 0.2) is 50.5 Å². The molecule has 1 atom stereocenters. The molecule has 7 nitrogen and oxygen atoms in total. The van der Waals surface area contributed by atoms with Crippen LogP contribution in [0, 0.1) is 6.92 Å². The number of carbonyl (C=O) groups is 1. The Hall–Kier alpha value is -2.68. The van der Waals surface area contributed by atoms with Crippen LogP contribution in [-0.4, -0.2) is 20.4 Å². The zero-order valence-corrected chi connectivity index (χ0v) is 19.9. The van der Waals surface area contributed by atoms with Gasteiger partial charge in [-0.3, -0.25) is 0 Å². The number of nitrogens with one attached hydrogen (secondary N) is 1. The molecule has 1 N–H and O–H groups in total. The smallest absolute Gasteiger partial charge is 0.339 e. The minimum Gasteiger partial charge on any atom is -0.424 e.